The first-order chi connectivity index (χ1) is 12.3. The van der Waals surface area contributed by atoms with E-state index in [1.165, 1.54) is 18.4 Å². The van der Waals surface area contributed by atoms with E-state index in [9.17, 15) is 4.79 Å². The summed E-state index contributed by atoms with van der Waals surface area (Å²) in [5.74, 6) is 1.03. The molecule has 1 N–H and O–H groups in total. The molecule has 2 aliphatic rings. The average Bonchev–Trinajstić information content (AvgIpc) is 3.41. The second-order valence-corrected chi connectivity index (χ2v) is 7.56. The molecular weight excluding hydrogens is 332 g/mol. The molecule has 0 aliphatic carbocycles. The zero-order valence-corrected chi connectivity index (χ0v) is 15.2. The van der Waals surface area contributed by atoms with Gasteiger partial charge in [0.15, 0.2) is 0 Å². The van der Waals surface area contributed by atoms with Crippen molar-refractivity contribution in [2.75, 3.05) is 24.5 Å². The van der Waals surface area contributed by atoms with Crippen molar-refractivity contribution in [2.45, 2.75) is 38.3 Å². The third kappa shape index (κ3) is 3.63. The van der Waals surface area contributed by atoms with Crippen LogP contribution in [0.4, 0.5) is 10.6 Å². The number of rotatable bonds is 4. The van der Waals surface area contributed by atoms with Gasteiger partial charge in [0.05, 0.1) is 6.04 Å². The van der Waals surface area contributed by atoms with Crippen LogP contribution in [-0.4, -0.2) is 35.5 Å². The lowest BCUT2D eigenvalue weighted by molar-refractivity contribution is 0.192. The van der Waals surface area contributed by atoms with E-state index in [1.54, 1.807) is 11.3 Å². The van der Waals surface area contributed by atoms with Crippen LogP contribution in [0.25, 0.3) is 0 Å². The summed E-state index contributed by atoms with van der Waals surface area (Å²) in [5.41, 5.74) is 2.37. The number of urea groups is 1. The minimum Gasteiger partial charge on any atom is -0.357 e. The highest BCUT2D eigenvalue weighted by Gasteiger charge is 2.30. The summed E-state index contributed by atoms with van der Waals surface area (Å²) < 4.78 is 0. The average molecular weight is 356 g/mol. The Kier molecular flexibility index (Phi) is 4.88. The van der Waals surface area contributed by atoms with Crippen LogP contribution in [-0.2, 0) is 6.54 Å². The van der Waals surface area contributed by atoms with Crippen molar-refractivity contribution >= 4 is 23.2 Å². The Morgan fingerprint density at radius 2 is 2.12 bits per heavy atom. The van der Waals surface area contributed by atoms with E-state index in [2.05, 4.69) is 38.1 Å². The number of carbonyl (C=O) groups is 1. The van der Waals surface area contributed by atoms with Gasteiger partial charge in [-0.05, 0) is 65.8 Å². The summed E-state index contributed by atoms with van der Waals surface area (Å²) in [6, 6.07) is 6.48. The van der Waals surface area contributed by atoms with Gasteiger partial charge in [0, 0.05) is 32.4 Å². The monoisotopic (exact) mass is 356 g/mol. The molecule has 4 heterocycles. The predicted octanol–water partition coefficient (Wildman–Crippen LogP) is 3.79. The first-order valence-electron chi connectivity index (χ1n) is 9.08. The number of carbonyl (C=O) groups excluding carboxylic acids is 1. The smallest absolute Gasteiger partial charge is 0.318 e. The number of pyridine rings is 1. The summed E-state index contributed by atoms with van der Waals surface area (Å²) in [4.78, 5) is 21.4. The van der Waals surface area contributed by atoms with Gasteiger partial charge in [-0.1, -0.05) is 0 Å². The molecular formula is C19H24N4OS. The van der Waals surface area contributed by atoms with Gasteiger partial charge in [-0.25, -0.2) is 9.78 Å². The Balaban J connectivity index is 1.38. The van der Waals surface area contributed by atoms with Crippen LogP contribution in [0.5, 0.6) is 0 Å². The minimum atomic E-state index is 0.0354. The minimum absolute atomic E-state index is 0.0354. The van der Waals surface area contributed by atoms with E-state index in [0.29, 0.717) is 6.54 Å². The van der Waals surface area contributed by atoms with E-state index in [0.717, 1.165) is 43.9 Å². The van der Waals surface area contributed by atoms with Gasteiger partial charge in [0.1, 0.15) is 5.82 Å². The summed E-state index contributed by atoms with van der Waals surface area (Å²) in [6.07, 6.45) is 6.45. The highest BCUT2D eigenvalue weighted by molar-refractivity contribution is 7.07. The standard InChI is InChI=1S/C19H24N4OS/c24-19(23-10-3-4-17(23)16-6-11-25-14-16)21-13-15-5-7-20-18(12-15)22-8-1-2-9-22/h5-7,11-12,14,17H,1-4,8-10,13H2,(H,21,24). The molecule has 2 amide bonds. The number of nitrogens with zero attached hydrogens (tertiary/aromatic N) is 3. The molecule has 132 valence electrons. The summed E-state index contributed by atoms with van der Waals surface area (Å²) in [7, 11) is 0. The molecule has 5 nitrogen and oxygen atoms in total. The fraction of sp³-hybridized carbons (Fsp3) is 0.474. The van der Waals surface area contributed by atoms with Crippen LogP contribution >= 0.6 is 11.3 Å². The fourth-order valence-electron chi connectivity index (χ4n) is 3.79. The van der Waals surface area contributed by atoms with Crippen LogP contribution in [0, 0.1) is 0 Å². The topological polar surface area (TPSA) is 48.5 Å². The molecule has 1 unspecified atom stereocenters. The van der Waals surface area contributed by atoms with Gasteiger partial charge in [-0.3, -0.25) is 0 Å². The second-order valence-electron chi connectivity index (χ2n) is 6.78. The lowest BCUT2D eigenvalue weighted by atomic mass is 10.1. The molecule has 1 atom stereocenters. The van der Waals surface area contributed by atoms with Crippen molar-refractivity contribution in [1.82, 2.24) is 15.2 Å². The third-order valence-electron chi connectivity index (χ3n) is 5.13. The largest absolute Gasteiger partial charge is 0.357 e. The van der Waals surface area contributed by atoms with Crippen LogP contribution in [0.3, 0.4) is 0 Å². The number of thiophene rings is 1. The number of likely N-dealkylation sites (tertiary alicyclic amines) is 1. The highest BCUT2D eigenvalue weighted by Crippen LogP contribution is 2.33. The molecule has 2 saturated heterocycles. The van der Waals surface area contributed by atoms with Gasteiger partial charge in [-0.2, -0.15) is 11.3 Å². The zero-order chi connectivity index (χ0) is 17.1. The fourth-order valence-corrected chi connectivity index (χ4v) is 4.50. The highest BCUT2D eigenvalue weighted by atomic mass is 32.1. The number of hydrogen-bond donors (Lipinski definition) is 1. The van der Waals surface area contributed by atoms with E-state index < -0.39 is 0 Å². The summed E-state index contributed by atoms with van der Waals surface area (Å²) in [6.45, 7) is 3.55. The van der Waals surface area contributed by atoms with Gasteiger partial charge in [0.2, 0.25) is 0 Å². The molecule has 2 fully saturated rings. The molecule has 0 spiro atoms. The summed E-state index contributed by atoms with van der Waals surface area (Å²) >= 11 is 1.69. The van der Waals surface area contributed by atoms with Crippen LogP contribution in [0.2, 0.25) is 0 Å². The first kappa shape index (κ1) is 16.4. The van der Waals surface area contributed by atoms with E-state index in [-0.39, 0.29) is 12.1 Å². The first-order valence-corrected chi connectivity index (χ1v) is 10.0. The molecule has 0 saturated carbocycles. The van der Waals surface area contributed by atoms with Crippen molar-refractivity contribution in [1.29, 1.82) is 0 Å². The lowest BCUT2D eigenvalue weighted by Crippen LogP contribution is -2.39. The Labute approximate surface area is 152 Å². The Bertz CT molecular complexity index is 712. The third-order valence-corrected chi connectivity index (χ3v) is 5.83. The second kappa shape index (κ2) is 7.44. The maximum absolute atomic E-state index is 12.7. The SMILES string of the molecule is O=C(NCc1ccnc(N2CCCC2)c1)N1CCCC1c1ccsc1. The number of aromatic nitrogens is 1. The van der Waals surface area contributed by atoms with E-state index in [4.69, 9.17) is 0 Å². The molecule has 2 aromatic rings. The van der Waals surface area contributed by atoms with Crippen molar-refractivity contribution in [3.8, 4) is 0 Å². The van der Waals surface area contributed by atoms with Crippen molar-refractivity contribution in [3.63, 3.8) is 0 Å². The quantitative estimate of drug-likeness (QED) is 0.907. The lowest BCUT2D eigenvalue weighted by Gasteiger charge is -2.24. The van der Waals surface area contributed by atoms with E-state index in [1.807, 2.05) is 17.2 Å². The van der Waals surface area contributed by atoms with Crippen molar-refractivity contribution in [3.05, 3.63) is 46.3 Å². The van der Waals surface area contributed by atoms with Crippen LogP contribution < -0.4 is 10.2 Å². The molecule has 6 heteroatoms. The molecule has 0 aromatic carbocycles. The number of hydrogen-bond acceptors (Lipinski definition) is 4. The van der Waals surface area contributed by atoms with Gasteiger partial charge in [0.25, 0.3) is 0 Å². The van der Waals surface area contributed by atoms with E-state index >= 15 is 0 Å². The molecule has 0 radical (unpaired) electrons. The Hall–Kier alpha value is -2.08. The number of amides is 2. The molecule has 0 bridgehead atoms. The van der Waals surface area contributed by atoms with Crippen molar-refractivity contribution < 1.29 is 4.79 Å². The number of nitrogens with one attached hydrogen (secondary N) is 1. The van der Waals surface area contributed by atoms with Crippen molar-refractivity contribution in [2.24, 2.45) is 0 Å². The normalized spacial score (nSPS) is 20.2. The Morgan fingerprint density at radius 3 is 2.92 bits per heavy atom. The number of anilines is 1. The zero-order valence-electron chi connectivity index (χ0n) is 14.4. The van der Waals surface area contributed by atoms with Gasteiger partial charge in [-0.15, -0.1) is 0 Å². The van der Waals surface area contributed by atoms with Crippen LogP contribution in [0.15, 0.2) is 35.2 Å². The van der Waals surface area contributed by atoms with Crippen LogP contribution in [0.1, 0.15) is 42.9 Å². The maximum atomic E-state index is 12.7. The predicted molar refractivity (Wildman–Crippen MR) is 101 cm³/mol. The Morgan fingerprint density at radius 1 is 1.24 bits per heavy atom. The molecule has 2 aromatic heterocycles. The van der Waals surface area contributed by atoms with Gasteiger partial charge < -0.3 is 15.1 Å². The molecule has 2 aliphatic heterocycles. The molecule has 4 rings (SSSR count). The maximum Gasteiger partial charge on any atom is 0.318 e. The molecule has 25 heavy (non-hydrogen) atoms. The van der Waals surface area contributed by atoms with Gasteiger partial charge >= 0.3 is 6.03 Å². The summed E-state index contributed by atoms with van der Waals surface area (Å²) in [5, 5.41) is 7.33.